The standard InChI is InChI=1S/C12H21N3O/c1-5-15-7-8-6-13-14-9(8)10(15)11(16)12(2,3)4/h8-10H,5-7H2,1-4H3. The van der Waals surface area contributed by atoms with Crippen LogP contribution in [-0.2, 0) is 4.79 Å². The Bertz CT molecular complexity index is 319. The lowest BCUT2D eigenvalue weighted by Crippen LogP contribution is -2.46. The molecular formula is C12H21N3O. The molecule has 90 valence electrons. The van der Waals surface area contributed by atoms with E-state index < -0.39 is 0 Å². The van der Waals surface area contributed by atoms with Crippen molar-refractivity contribution >= 4 is 5.78 Å². The molecule has 0 amide bonds. The van der Waals surface area contributed by atoms with E-state index in [0.29, 0.717) is 11.7 Å². The highest BCUT2D eigenvalue weighted by atomic mass is 16.1. The Kier molecular flexibility index (Phi) is 2.86. The summed E-state index contributed by atoms with van der Waals surface area (Å²) < 4.78 is 0. The van der Waals surface area contributed by atoms with Crippen LogP contribution in [0.4, 0.5) is 0 Å². The Morgan fingerprint density at radius 1 is 1.44 bits per heavy atom. The zero-order valence-corrected chi connectivity index (χ0v) is 10.6. The van der Waals surface area contributed by atoms with E-state index in [2.05, 4.69) is 22.1 Å². The molecule has 0 aromatic heterocycles. The van der Waals surface area contributed by atoms with Crippen LogP contribution in [0, 0.1) is 11.3 Å². The van der Waals surface area contributed by atoms with Gasteiger partial charge in [-0.3, -0.25) is 9.69 Å². The monoisotopic (exact) mass is 223 g/mol. The topological polar surface area (TPSA) is 45.0 Å². The van der Waals surface area contributed by atoms with Gasteiger partial charge >= 0.3 is 0 Å². The number of fused-ring (bicyclic) bond motifs is 1. The number of nitrogens with zero attached hydrogens (tertiary/aromatic N) is 3. The summed E-state index contributed by atoms with van der Waals surface area (Å²) in [4.78, 5) is 14.7. The van der Waals surface area contributed by atoms with Crippen molar-refractivity contribution in [2.45, 2.75) is 39.8 Å². The van der Waals surface area contributed by atoms with Gasteiger partial charge in [-0.2, -0.15) is 10.2 Å². The number of hydrogen-bond donors (Lipinski definition) is 0. The van der Waals surface area contributed by atoms with Gasteiger partial charge in [-0.05, 0) is 6.54 Å². The molecule has 0 aromatic rings. The van der Waals surface area contributed by atoms with Crippen molar-refractivity contribution in [3.8, 4) is 0 Å². The van der Waals surface area contributed by atoms with Crippen LogP contribution in [0.25, 0.3) is 0 Å². The number of carbonyl (C=O) groups is 1. The molecule has 4 nitrogen and oxygen atoms in total. The number of likely N-dealkylation sites (tertiary alicyclic amines) is 1. The summed E-state index contributed by atoms with van der Waals surface area (Å²) >= 11 is 0. The van der Waals surface area contributed by atoms with E-state index in [9.17, 15) is 4.79 Å². The van der Waals surface area contributed by atoms with Gasteiger partial charge in [-0.25, -0.2) is 0 Å². The molecule has 0 radical (unpaired) electrons. The van der Waals surface area contributed by atoms with E-state index in [0.717, 1.165) is 19.6 Å². The average molecular weight is 223 g/mol. The molecule has 1 saturated heterocycles. The molecular weight excluding hydrogens is 202 g/mol. The molecule has 2 heterocycles. The average Bonchev–Trinajstić information content (AvgIpc) is 2.73. The highest BCUT2D eigenvalue weighted by molar-refractivity contribution is 5.89. The predicted octanol–water partition coefficient (Wildman–Crippen LogP) is 1.76. The third-order valence-electron chi connectivity index (χ3n) is 3.61. The summed E-state index contributed by atoms with van der Waals surface area (Å²) in [5.74, 6) is 0.777. The fourth-order valence-corrected chi connectivity index (χ4v) is 2.66. The van der Waals surface area contributed by atoms with E-state index >= 15 is 0 Å². The molecule has 2 rings (SSSR count). The molecule has 0 aromatic carbocycles. The minimum atomic E-state index is -0.287. The summed E-state index contributed by atoms with van der Waals surface area (Å²) in [5, 5.41) is 8.37. The van der Waals surface area contributed by atoms with Crippen molar-refractivity contribution in [2.24, 2.45) is 21.6 Å². The number of Topliss-reactive ketones (excluding diaryl/α,β-unsaturated/α-hetero) is 1. The number of rotatable bonds is 2. The normalized spacial score (nSPS) is 34.4. The zero-order valence-electron chi connectivity index (χ0n) is 10.6. The second-order valence-electron chi connectivity index (χ2n) is 5.84. The van der Waals surface area contributed by atoms with Crippen LogP contribution in [-0.4, -0.2) is 42.4 Å². The van der Waals surface area contributed by atoms with Gasteiger partial charge in [0.05, 0.1) is 18.6 Å². The molecule has 4 heteroatoms. The maximum absolute atomic E-state index is 12.4. The maximum Gasteiger partial charge on any atom is 0.157 e. The quantitative estimate of drug-likeness (QED) is 0.716. The third kappa shape index (κ3) is 1.79. The van der Waals surface area contributed by atoms with Crippen LogP contribution in [0.2, 0.25) is 0 Å². The Morgan fingerprint density at radius 2 is 2.12 bits per heavy atom. The van der Waals surface area contributed by atoms with Crippen LogP contribution in [0.5, 0.6) is 0 Å². The molecule has 1 fully saturated rings. The van der Waals surface area contributed by atoms with Crippen LogP contribution < -0.4 is 0 Å². The summed E-state index contributed by atoms with van der Waals surface area (Å²) in [6.45, 7) is 10.8. The smallest absolute Gasteiger partial charge is 0.157 e. The van der Waals surface area contributed by atoms with Crippen molar-refractivity contribution in [2.75, 3.05) is 19.6 Å². The SMILES string of the molecule is CCN1CC2CN=NC2C1C(=O)C(C)(C)C. The first kappa shape index (κ1) is 11.7. The number of hydrogen-bond acceptors (Lipinski definition) is 4. The summed E-state index contributed by atoms with van der Waals surface area (Å²) in [7, 11) is 0. The van der Waals surface area contributed by atoms with Crippen LogP contribution in [0.3, 0.4) is 0 Å². The summed E-state index contributed by atoms with van der Waals surface area (Å²) in [6, 6.07) is 0.0768. The lowest BCUT2D eigenvalue weighted by Gasteiger charge is -2.29. The molecule has 16 heavy (non-hydrogen) atoms. The minimum Gasteiger partial charge on any atom is -0.297 e. The molecule has 0 bridgehead atoms. The van der Waals surface area contributed by atoms with Crippen molar-refractivity contribution in [1.82, 2.24) is 4.90 Å². The van der Waals surface area contributed by atoms with Gasteiger partial charge in [0.25, 0.3) is 0 Å². The number of ketones is 1. The first-order chi connectivity index (χ1) is 7.45. The Hall–Kier alpha value is -0.770. The van der Waals surface area contributed by atoms with Gasteiger partial charge in [-0.1, -0.05) is 27.7 Å². The maximum atomic E-state index is 12.4. The van der Waals surface area contributed by atoms with Crippen molar-refractivity contribution in [3.63, 3.8) is 0 Å². The van der Waals surface area contributed by atoms with Crippen molar-refractivity contribution in [1.29, 1.82) is 0 Å². The molecule has 3 atom stereocenters. The Balaban J connectivity index is 2.23. The second kappa shape index (κ2) is 3.91. The van der Waals surface area contributed by atoms with Crippen LogP contribution in [0.1, 0.15) is 27.7 Å². The van der Waals surface area contributed by atoms with E-state index in [1.54, 1.807) is 0 Å². The van der Waals surface area contributed by atoms with E-state index in [-0.39, 0.29) is 17.5 Å². The lowest BCUT2D eigenvalue weighted by atomic mass is 9.83. The van der Waals surface area contributed by atoms with Gasteiger partial charge in [0.1, 0.15) is 0 Å². The molecule has 0 aliphatic carbocycles. The van der Waals surface area contributed by atoms with E-state index in [1.165, 1.54) is 0 Å². The number of carbonyl (C=O) groups excluding carboxylic acids is 1. The van der Waals surface area contributed by atoms with E-state index in [1.807, 2.05) is 20.8 Å². The molecule has 3 unspecified atom stereocenters. The predicted molar refractivity (Wildman–Crippen MR) is 62.5 cm³/mol. The first-order valence-corrected chi connectivity index (χ1v) is 6.10. The van der Waals surface area contributed by atoms with Crippen LogP contribution >= 0.6 is 0 Å². The number of azo groups is 1. The Labute approximate surface area is 97.1 Å². The van der Waals surface area contributed by atoms with Gasteiger partial charge in [0.15, 0.2) is 5.78 Å². The fourth-order valence-electron chi connectivity index (χ4n) is 2.66. The first-order valence-electron chi connectivity index (χ1n) is 6.10. The highest BCUT2D eigenvalue weighted by Crippen LogP contribution is 2.34. The molecule has 0 spiro atoms. The fraction of sp³-hybridized carbons (Fsp3) is 0.917. The molecule has 2 aliphatic rings. The van der Waals surface area contributed by atoms with Gasteiger partial charge in [0.2, 0.25) is 0 Å². The molecule has 0 saturated carbocycles. The second-order valence-corrected chi connectivity index (χ2v) is 5.84. The van der Waals surface area contributed by atoms with Crippen molar-refractivity contribution < 1.29 is 4.79 Å². The number of likely N-dealkylation sites (N-methyl/N-ethyl adjacent to an activating group) is 1. The highest BCUT2D eigenvalue weighted by Gasteiger charge is 2.49. The van der Waals surface area contributed by atoms with Gasteiger partial charge in [0, 0.05) is 17.9 Å². The largest absolute Gasteiger partial charge is 0.297 e. The van der Waals surface area contributed by atoms with E-state index in [4.69, 9.17) is 0 Å². The molecule has 2 aliphatic heterocycles. The van der Waals surface area contributed by atoms with Crippen molar-refractivity contribution in [3.05, 3.63) is 0 Å². The summed E-state index contributed by atoms with van der Waals surface area (Å²) in [6.07, 6.45) is 0. The molecule has 0 N–H and O–H groups in total. The van der Waals surface area contributed by atoms with Crippen LogP contribution in [0.15, 0.2) is 10.2 Å². The minimum absolute atomic E-state index is 0.0405. The Morgan fingerprint density at radius 3 is 2.69 bits per heavy atom. The summed E-state index contributed by atoms with van der Waals surface area (Å²) in [5.41, 5.74) is -0.287. The third-order valence-corrected chi connectivity index (χ3v) is 3.61. The van der Waals surface area contributed by atoms with Gasteiger partial charge in [-0.15, -0.1) is 0 Å². The van der Waals surface area contributed by atoms with Gasteiger partial charge < -0.3 is 0 Å². The zero-order chi connectivity index (χ0) is 11.9. The lowest BCUT2D eigenvalue weighted by molar-refractivity contribution is -0.131.